The van der Waals surface area contributed by atoms with Crippen molar-refractivity contribution < 1.29 is 9.53 Å². The predicted molar refractivity (Wildman–Crippen MR) is 67.1 cm³/mol. The maximum atomic E-state index is 11.6. The largest absolute Gasteiger partial charge is 0.377 e. The first-order valence-corrected chi connectivity index (χ1v) is 6.64. The van der Waals surface area contributed by atoms with E-state index >= 15 is 0 Å². The van der Waals surface area contributed by atoms with Crippen LogP contribution in [0.25, 0.3) is 0 Å². The van der Waals surface area contributed by atoms with Crippen LogP contribution in [0.4, 0.5) is 0 Å². The van der Waals surface area contributed by atoms with Crippen molar-refractivity contribution in [3.05, 3.63) is 0 Å². The molecule has 2 heterocycles. The molecule has 98 valence electrons. The van der Waals surface area contributed by atoms with Gasteiger partial charge in [0, 0.05) is 26.2 Å². The first-order valence-electron chi connectivity index (χ1n) is 6.64. The van der Waals surface area contributed by atoms with Gasteiger partial charge in [-0.05, 0) is 38.8 Å². The lowest BCUT2D eigenvalue weighted by atomic mass is 9.84. The van der Waals surface area contributed by atoms with Gasteiger partial charge in [-0.3, -0.25) is 9.69 Å². The molecule has 0 N–H and O–H groups in total. The molecule has 2 rings (SSSR count). The summed E-state index contributed by atoms with van der Waals surface area (Å²) in [6, 6.07) is 0.748. The summed E-state index contributed by atoms with van der Waals surface area (Å²) in [7, 11) is 3.82. The Hall–Kier alpha value is -0.450. The van der Waals surface area contributed by atoms with Crippen molar-refractivity contribution >= 4 is 5.78 Å². The number of hydrogen-bond donors (Lipinski definition) is 0. The summed E-state index contributed by atoms with van der Waals surface area (Å²) in [5, 5.41) is 0. The topological polar surface area (TPSA) is 32.8 Å². The summed E-state index contributed by atoms with van der Waals surface area (Å²) in [4.78, 5) is 16.4. The van der Waals surface area contributed by atoms with Gasteiger partial charge in [0.25, 0.3) is 0 Å². The van der Waals surface area contributed by atoms with Crippen LogP contribution in [0.3, 0.4) is 0 Å². The second-order valence-electron chi connectivity index (χ2n) is 5.45. The smallest absolute Gasteiger partial charge is 0.172 e. The van der Waals surface area contributed by atoms with E-state index in [1.54, 1.807) is 7.11 Å². The van der Waals surface area contributed by atoms with Crippen molar-refractivity contribution in [1.29, 1.82) is 0 Å². The molecule has 0 aliphatic carbocycles. The van der Waals surface area contributed by atoms with Crippen LogP contribution in [0.15, 0.2) is 0 Å². The molecule has 2 unspecified atom stereocenters. The highest BCUT2D eigenvalue weighted by atomic mass is 16.5. The maximum Gasteiger partial charge on any atom is 0.172 e. The van der Waals surface area contributed by atoms with Gasteiger partial charge < -0.3 is 9.64 Å². The van der Waals surface area contributed by atoms with Crippen LogP contribution < -0.4 is 0 Å². The van der Waals surface area contributed by atoms with E-state index in [0.29, 0.717) is 6.54 Å². The summed E-state index contributed by atoms with van der Waals surface area (Å²) in [6.45, 7) is 4.21. The van der Waals surface area contributed by atoms with Crippen LogP contribution in [0, 0.1) is 5.92 Å². The number of carbonyl (C=O) groups is 1. The molecule has 0 bridgehead atoms. The lowest BCUT2D eigenvalue weighted by Gasteiger charge is -2.45. The Balaban J connectivity index is 1.83. The van der Waals surface area contributed by atoms with Gasteiger partial charge in [0.2, 0.25) is 0 Å². The average molecular weight is 240 g/mol. The first kappa shape index (κ1) is 13.0. The summed E-state index contributed by atoms with van der Waals surface area (Å²) < 4.78 is 4.88. The normalized spacial score (nSPS) is 31.2. The molecule has 0 aromatic rings. The molecule has 0 amide bonds. The molecule has 0 saturated carbocycles. The third-order valence-electron chi connectivity index (χ3n) is 4.14. The summed E-state index contributed by atoms with van der Waals surface area (Å²) in [6.07, 6.45) is 3.84. The molecule has 0 aromatic carbocycles. The van der Waals surface area contributed by atoms with Gasteiger partial charge in [0.15, 0.2) is 5.78 Å². The number of ether oxygens (including phenoxy) is 1. The van der Waals surface area contributed by atoms with E-state index in [1.165, 1.54) is 25.8 Å². The van der Waals surface area contributed by atoms with Gasteiger partial charge in [-0.1, -0.05) is 0 Å². The Bertz CT molecular complexity index is 270. The lowest BCUT2D eigenvalue weighted by molar-refractivity contribution is -0.124. The Morgan fingerprint density at radius 3 is 2.94 bits per heavy atom. The van der Waals surface area contributed by atoms with E-state index in [4.69, 9.17) is 4.74 Å². The zero-order valence-electron chi connectivity index (χ0n) is 11.0. The summed E-state index contributed by atoms with van der Waals surface area (Å²) in [5.41, 5.74) is 0. The molecule has 4 heteroatoms. The number of Topliss-reactive ketones (excluding diaryl/α,β-unsaturated/α-hetero) is 1. The maximum absolute atomic E-state index is 11.6. The second-order valence-corrected chi connectivity index (χ2v) is 5.45. The van der Waals surface area contributed by atoms with Crippen LogP contribution in [0.2, 0.25) is 0 Å². The molecule has 0 aromatic heterocycles. The molecule has 4 nitrogen and oxygen atoms in total. The molecule has 2 atom stereocenters. The minimum atomic E-state index is 0.204. The predicted octanol–water partition coefficient (Wildman–Crippen LogP) is 0.618. The highest BCUT2D eigenvalue weighted by Gasteiger charge is 2.34. The first-order chi connectivity index (χ1) is 8.20. The number of carbonyl (C=O) groups excluding carboxylic acids is 1. The number of likely N-dealkylation sites (tertiary alicyclic amines) is 2. The molecule has 0 radical (unpaired) electrons. The average Bonchev–Trinajstić information content (AvgIpc) is 2.29. The highest BCUT2D eigenvalue weighted by Crippen LogP contribution is 2.29. The van der Waals surface area contributed by atoms with Crippen molar-refractivity contribution in [1.82, 2.24) is 9.80 Å². The standard InChI is InChI=1S/C13H24N2O2/c1-14-6-3-4-11-8-15(7-5-13(11)14)9-12(16)10-17-2/h11,13H,3-10H2,1-2H3. The fourth-order valence-electron chi connectivity index (χ4n) is 3.33. The molecular formula is C13H24N2O2. The Morgan fingerprint density at radius 2 is 2.18 bits per heavy atom. The molecule has 2 aliphatic rings. The summed E-state index contributed by atoms with van der Waals surface area (Å²) >= 11 is 0. The quantitative estimate of drug-likeness (QED) is 0.721. The highest BCUT2D eigenvalue weighted by molar-refractivity contribution is 5.81. The van der Waals surface area contributed by atoms with Crippen molar-refractivity contribution in [3.8, 4) is 0 Å². The van der Waals surface area contributed by atoms with Crippen molar-refractivity contribution in [3.63, 3.8) is 0 Å². The lowest BCUT2D eigenvalue weighted by Crippen LogP contribution is -2.53. The molecule has 2 fully saturated rings. The van der Waals surface area contributed by atoms with Gasteiger partial charge in [-0.15, -0.1) is 0 Å². The summed E-state index contributed by atoms with van der Waals surface area (Å²) in [5.74, 6) is 0.966. The van der Waals surface area contributed by atoms with Crippen LogP contribution >= 0.6 is 0 Å². The number of ketones is 1. The third kappa shape index (κ3) is 3.27. The van der Waals surface area contributed by atoms with E-state index in [9.17, 15) is 4.79 Å². The third-order valence-corrected chi connectivity index (χ3v) is 4.14. The number of piperidine rings is 2. The van der Waals surface area contributed by atoms with Crippen LogP contribution in [0.1, 0.15) is 19.3 Å². The number of nitrogens with zero attached hydrogens (tertiary/aromatic N) is 2. The number of methoxy groups -OCH3 is 1. The van der Waals surface area contributed by atoms with Crippen LogP contribution in [-0.4, -0.2) is 68.6 Å². The van der Waals surface area contributed by atoms with E-state index in [0.717, 1.165) is 25.0 Å². The zero-order valence-corrected chi connectivity index (χ0v) is 11.0. The van der Waals surface area contributed by atoms with E-state index in [-0.39, 0.29) is 12.4 Å². The van der Waals surface area contributed by atoms with E-state index in [1.807, 2.05) is 0 Å². The van der Waals surface area contributed by atoms with Crippen molar-refractivity contribution in [2.45, 2.75) is 25.3 Å². The monoisotopic (exact) mass is 240 g/mol. The Kier molecular flexibility index (Phi) is 4.54. The van der Waals surface area contributed by atoms with Gasteiger partial charge in [0.05, 0.1) is 6.54 Å². The van der Waals surface area contributed by atoms with Gasteiger partial charge in [0.1, 0.15) is 6.61 Å². The molecule has 17 heavy (non-hydrogen) atoms. The van der Waals surface area contributed by atoms with Crippen molar-refractivity contribution in [2.24, 2.45) is 5.92 Å². The van der Waals surface area contributed by atoms with E-state index in [2.05, 4.69) is 16.8 Å². The molecule has 2 saturated heterocycles. The fourth-order valence-corrected chi connectivity index (χ4v) is 3.33. The number of rotatable bonds is 4. The number of fused-ring (bicyclic) bond motifs is 1. The minimum absolute atomic E-state index is 0.204. The number of hydrogen-bond acceptors (Lipinski definition) is 4. The van der Waals surface area contributed by atoms with Crippen molar-refractivity contribution in [2.75, 3.05) is 46.9 Å². The SMILES string of the molecule is COCC(=O)CN1CCC2C(CCCN2C)C1. The Morgan fingerprint density at radius 1 is 1.35 bits per heavy atom. The fraction of sp³-hybridized carbons (Fsp3) is 0.923. The Labute approximate surface area is 104 Å². The second kappa shape index (κ2) is 5.94. The minimum Gasteiger partial charge on any atom is -0.377 e. The molecule has 0 spiro atoms. The van der Waals surface area contributed by atoms with Crippen LogP contribution in [-0.2, 0) is 9.53 Å². The molecular weight excluding hydrogens is 216 g/mol. The van der Waals surface area contributed by atoms with Gasteiger partial charge in [-0.2, -0.15) is 0 Å². The zero-order chi connectivity index (χ0) is 12.3. The van der Waals surface area contributed by atoms with E-state index < -0.39 is 0 Å². The van der Waals surface area contributed by atoms with Gasteiger partial charge >= 0.3 is 0 Å². The molecule has 2 aliphatic heterocycles. The van der Waals surface area contributed by atoms with Gasteiger partial charge in [-0.25, -0.2) is 0 Å². The van der Waals surface area contributed by atoms with Crippen LogP contribution in [0.5, 0.6) is 0 Å².